The van der Waals surface area contributed by atoms with E-state index in [1.54, 1.807) is 4.68 Å². The lowest BCUT2D eigenvalue weighted by molar-refractivity contribution is 0.100. The van der Waals surface area contributed by atoms with Gasteiger partial charge in [-0.05, 0) is 26.2 Å². The van der Waals surface area contributed by atoms with Crippen LogP contribution in [0.1, 0.15) is 36.4 Å². The molecule has 3 unspecified atom stereocenters. The largest absolute Gasteiger partial charge is 0.384 e. The molecular formula is C11H17N3O. The van der Waals surface area contributed by atoms with E-state index in [0.717, 1.165) is 23.5 Å². The predicted octanol–water partition coefficient (Wildman–Crippen LogP) is 1.35. The van der Waals surface area contributed by atoms with E-state index in [4.69, 9.17) is 10.5 Å². The highest BCUT2D eigenvalue weighted by molar-refractivity contribution is 5.44. The van der Waals surface area contributed by atoms with Crippen molar-refractivity contribution in [1.82, 2.24) is 9.78 Å². The second-order valence-electron chi connectivity index (χ2n) is 4.74. The summed E-state index contributed by atoms with van der Waals surface area (Å²) in [5, 5.41) is 4.52. The highest BCUT2D eigenvalue weighted by Crippen LogP contribution is 2.45. The summed E-state index contributed by atoms with van der Waals surface area (Å²) in [7, 11) is 1.90. The number of hydrogen-bond acceptors (Lipinski definition) is 3. The lowest BCUT2D eigenvalue weighted by Gasteiger charge is -2.16. The Bertz CT molecular complexity index is 399. The Kier molecular flexibility index (Phi) is 1.83. The maximum absolute atomic E-state index is 5.93. The minimum atomic E-state index is 0.392. The van der Waals surface area contributed by atoms with E-state index >= 15 is 0 Å². The van der Waals surface area contributed by atoms with Gasteiger partial charge in [0.15, 0.2) is 0 Å². The Morgan fingerprint density at radius 2 is 2.27 bits per heavy atom. The first-order valence-corrected chi connectivity index (χ1v) is 5.61. The Hall–Kier alpha value is -1.03. The van der Waals surface area contributed by atoms with Gasteiger partial charge in [-0.25, -0.2) is 0 Å². The molecule has 2 bridgehead atoms. The highest BCUT2D eigenvalue weighted by atomic mass is 16.5. The van der Waals surface area contributed by atoms with Crippen LogP contribution in [0.25, 0.3) is 0 Å². The van der Waals surface area contributed by atoms with Crippen molar-refractivity contribution in [2.24, 2.45) is 7.05 Å². The van der Waals surface area contributed by atoms with Crippen LogP contribution in [0.3, 0.4) is 0 Å². The highest BCUT2D eigenvalue weighted by Gasteiger charge is 2.43. The monoisotopic (exact) mass is 207 g/mol. The van der Waals surface area contributed by atoms with E-state index in [2.05, 4.69) is 12.0 Å². The van der Waals surface area contributed by atoms with Crippen LogP contribution in [0.15, 0.2) is 0 Å². The van der Waals surface area contributed by atoms with Crippen molar-refractivity contribution in [3.8, 4) is 0 Å². The van der Waals surface area contributed by atoms with Crippen LogP contribution in [0.4, 0.5) is 5.82 Å². The van der Waals surface area contributed by atoms with Crippen molar-refractivity contribution in [3.05, 3.63) is 11.3 Å². The van der Waals surface area contributed by atoms with Gasteiger partial charge in [0, 0.05) is 18.5 Å². The molecule has 0 radical (unpaired) electrons. The third-order valence-electron chi connectivity index (χ3n) is 3.83. The first-order valence-electron chi connectivity index (χ1n) is 5.61. The molecule has 4 heteroatoms. The summed E-state index contributed by atoms with van der Waals surface area (Å²) in [4.78, 5) is 0. The molecule has 3 heterocycles. The Morgan fingerprint density at radius 3 is 2.73 bits per heavy atom. The Labute approximate surface area is 89.4 Å². The van der Waals surface area contributed by atoms with E-state index < -0.39 is 0 Å². The fourth-order valence-corrected chi connectivity index (χ4v) is 2.94. The third-order valence-corrected chi connectivity index (χ3v) is 3.83. The summed E-state index contributed by atoms with van der Waals surface area (Å²) in [5.41, 5.74) is 8.22. The minimum absolute atomic E-state index is 0.392. The molecule has 1 aromatic heterocycles. The van der Waals surface area contributed by atoms with Gasteiger partial charge in [0.05, 0.1) is 17.9 Å². The maximum atomic E-state index is 5.93. The molecule has 0 aliphatic carbocycles. The molecular weight excluding hydrogens is 190 g/mol. The average Bonchev–Trinajstić information content (AvgIpc) is 2.89. The second kappa shape index (κ2) is 2.98. The van der Waals surface area contributed by atoms with Crippen LogP contribution >= 0.6 is 0 Å². The van der Waals surface area contributed by atoms with Gasteiger partial charge in [0.25, 0.3) is 0 Å². The molecule has 2 saturated heterocycles. The van der Waals surface area contributed by atoms with Crippen molar-refractivity contribution in [1.29, 1.82) is 0 Å². The van der Waals surface area contributed by atoms with E-state index in [1.807, 2.05) is 7.05 Å². The molecule has 2 fully saturated rings. The quantitative estimate of drug-likeness (QED) is 0.756. The molecule has 15 heavy (non-hydrogen) atoms. The summed E-state index contributed by atoms with van der Waals surface area (Å²) in [6.07, 6.45) is 4.40. The van der Waals surface area contributed by atoms with E-state index in [1.165, 1.54) is 12.8 Å². The van der Waals surface area contributed by atoms with E-state index in [-0.39, 0.29) is 0 Å². The van der Waals surface area contributed by atoms with Crippen molar-refractivity contribution < 1.29 is 4.74 Å². The lowest BCUT2D eigenvalue weighted by Crippen LogP contribution is -2.15. The van der Waals surface area contributed by atoms with Crippen LogP contribution < -0.4 is 5.73 Å². The third kappa shape index (κ3) is 1.21. The normalized spacial score (nSPS) is 33.9. The number of fused-ring (bicyclic) bond motifs is 2. The fourth-order valence-electron chi connectivity index (χ4n) is 2.94. The molecule has 2 aliphatic heterocycles. The Balaban J connectivity index is 1.96. The molecule has 3 atom stereocenters. The van der Waals surface area contributed by atoms with Crippen molar-refractivity contribution in [3.63, 3.8) is 0 Å². The molecule has 2 aliphatic rings. The van der Waals surface area contributed by atoms with Crippen molar-refractivity contribution in [2.45, 2.75) is 44.3 Å². The van der Waals surface area contributed by atoms with Gasteiger partial charge < -0.3 is 10.5 Å². The fraction of sp³-hybridized carbons (Fsp3) is 0.727. The molecule has 0 aromatic carbocycles. The summed E-state index contributed by atoms with van der Waals surface area (Å²) in [6.45, 7) is 2.06. The van der Waals surface area contributed by atoms with Gasteiger partial charge in [-0.15, -0.1) is 0 Å². The van der Waals surface area contributed by atoms with Gasteiger partial charge in [-0.3, -0.25) is 4.68 Å². The topological polar surface area (TPSA) is 53.1 Å². The van der Waals surface area contributed by atoms with Gasteiger partial charge >= 0.3 is 0 Å². The van der Waals surface area contributed by atoms with E-state index in [0.29, 0.717) is 18.1 Å². The number of hydrogen-bond donors (Lipinski definition) is 1. The maximum Gasteiger partial charge on any atom is 0.124 e. The number of anilines is 1. The number of nitrogen functional groups attached to an aromatic ring is 1. The van der Waals surface area contributed by atoms with Crippen LogP contribution in [0.2, 0.25) is 0 Å². The number of aromatic nitrogens is 2. The van der Waals surface area contributed by atoms with Gasteiger partial charge in [-0.1, -0.05) is 0 Å². The zero-order valence-corrected chi connectivity index (χ0v) is 9.23. The van der Waals surface area contributed by atoms with Crippen LogP contribution in [-0.2, 0) is 11.8 Å². The molecule has 0 saturated carbocycles. The number of nitrogens with two attached hydrogens (primary N) is 1. The molecule has 2 N–H and O–H groups in total. The van der Waals surface area contributed by atoms with Gasteiger partial charge in [0.1, 0.15) is 5.82 Å². The molecule has 0 amide bonds. The average molecular weight is 207 g/mol. The predicted molar refractivity (Wildman–Crippen MR) is 57.6 cm³/mol. The van der Waals surface area contributed by atoms with Crippen LogP contribution in [0.5, 0.6) is 0 Å². The number of aryl methyl sites for hydroxylation is 1. The zero-order chi connectivity index (χ0) is 10.6. The molecule has 1 aromatic rings. The standard InChI is InChI=1S/C11H17N3O/c1-6-10(13-14(2)11(6)12)8-5-7-3-4-9(8)15-7/h7-9H,3-5,12H2,1-2H3. The molecule has 4 nitrogen and oxygen atoms in total. The van der Waals surface area contributed by atoms with Gasteiger partial charge in [-0.2, -0.15) is 5.10 Å². The number of ether oxygens (including phenoxy) is 1. The summed E-state index contributed by atoms with van der Waals surface area (Å²) in [5.74, 6) is 1.26. The first kappa shape index (κ1) is 9.21. The van der Waals surface area contributed by atoms with Crippen molar-refractivity contribution in [2.75, 3.05) is 5.73 Å². The molecule has 3 rings (SSSR count). The van der Waals surface area contributed by atoms with Crippen LogP contribution in [-0.4, -0.2) is 22.0 Å². The zero-order valence-electron chi connectivity index (χ0n) is 9.23. The Morgan fingerprint density at radius 1 is 1.47 bits per heavy atom. The van der Waals surface area contributed by atoms with E-state index in [9.17, 15) is 0 Å². The smallest absolute Gasteiger partial charge is 0.124 e. The van der Waals surface area contributed by atoms with Gasteiger partial charge in [0.2, 0.25) is 0 Å². The number of rotatable bonds is 1. The molecule has 0 spiro atoms. The summed E-state index contributed by atoms with van der Waals surface area (Å²) in [6, 6.07) is 0. The lowest BCUT2D eigenvalue weighted by atomic mass is 9.85. The summed E-state index contributed by atoms with van der Waals surface area (Å²) >= 11 is 0. The number of nitrogens with zero attached hydrogens (tertiary/aromatic N) is 2. The van der Waals surface area contributed by atoms with Crippen LogP contribution in [0, 0.1) is 6.92 Å². The summed E-state index contributed by atoms with van der Waals surface area (Å²) < 4.78 is 7.63. The van der Waals surface area contributed by atoms with Crippen molar-refractivity contribution >= 4 is 5.82 Å². The second-order valence-corrected chi connectivity index (χ2v) is 4.74. The SMILES string of the molecule is Cc1c(C2CC3CCC2O3)nn(C)c1N. The first-order chi connectivity index (χ1) is 7.16. The minimum Gasteiger partial charge on any atom is -0.384 e. The molecule has 82 valence electrons.